The number of oxime groups is 3. The van der Waals surface area contributed by atoms with Crippen LogP contribution in [-0.2, 0) is 100 Å². The Morgan fingerprint density at radius 1 is 0.432 bits per heavy atom. The smallest absolute Gasteiger partial charge is 0.367 e. The normalized spacial score (nSPS) is 12.4. The van der Waals surface area contributed by atoms with Crippen LogP contribution in [0.4, 0.5) is 0 Å². The van der Waals surface area contributed by atoms with E-state index in [1.807, 2.05) is 0 Å². The Morgan fingerprint density at radius 2 is 0.716 bits per heavy atom. The third kappa shape index (κ3) is 21.0. The van der Waals surface area contributed by atoms with Crippen LogP contribution in [0, 0.1) is 19.3 Å². The lowest BCUT2D eigenvalue weighted by molar-refractivity contribution is -0.159. The van der Waals surface area contributed by atoms with Crippen molar-refractivity contribution in [2.75, 3.05) is 56.9 Å². The van der Waals surface area contributed by atoms with E-state index in [0.29, 0.717) is 35.3 Å². The zero-order valence-electron chi connectivity index (χ0n) is 40.4. The van der Waals surface area contributed by atoms with Gasteiger partial charge in [-0.15, -0.1) is 0 Å². The molecule has 0 heterocycles. The second-order valence-corrected chi connectivity index (χ2v) is 22.1. The van der Waals surface area contributed by atoms with Crippen LogP contribution in [0.1, 0.15) is 45.2 Å². The Kier molecular flexibility index (Phi) is 25.4. The Labute approximate surface area is 439 Å². The fourth-order valence-electron chi connectivity index (χ4n) is 4.96. The highest BCUT2D eigenvalue weighted by Crippen LogP contribution is 2.26. The molecule has 0 spiro atoms. The molecule has 0 aromatic heterocycles. The van der Waals surface area contributed by atoms with Crippen LogP contribution in [0.3, 0.4) is 0 Å². The summed E-state index contributed by atoms with van der Waals surface area (Å²) in [5.41, 5.74) is -0.0723. The lowest BCUT2D eigenvalue weighted by atomic mass is 9.88. The predicted molar refractivity (Wildman–Crippen MR) is 269 cm³/mol. The lowest BCUT2D eigenvalue weighted by Crippen LogP contribution is -2.39. The van der Waals surface area contributed by atoms with Crippen molar-refractivity contribution in [3.8, 4) is 0 Å². The quantitative estimate of drug-likeness (QED) is 0.0365. The molecule has 3 rings (SSSR count). The molecule has 0 amide bonds. The molecule has 0 aliphatic rings. The zero-order chi connectivity index (χ0) is 55.0. The summed E-state index contributed by atoms with van der Waals surface area (Å²) in [7, 11) is -13.5. The van der Waals surface area contributed by atoms with E-state index in [9.17, 15) is 54.0 Å². The van der Waals surface area contributed by atoms with E-state index in [1.54, 1.807) is 26.8 Å². The van der Waals surface area contributed by atoms with E-state index in [-0.39, 0.29) is 40.9 Å². The highest BCUT2D eigenvalue weighted by molar-refractivity contribution is 8.16. The first-order chi connectivity index (χ1) is 35.0. The van der Waals surface area contributed by atoms with Gasteiger partial charge in [0.15, 0.2) is 0 Å². The average Bonchev–Trinajstić information content (AvgIpc) is 3.36. The minimum atomic E-state index is -4.52. The fraction of sp³-hybridized carbons (Fsp3) is 0.386. The Balaban J connectivity index is 1.83. The number of nitrogens with zero attached hydrogens (tertiary/aromatic N) is 3. The summed E-state index contributed by atoms with van der Waals surface area (Å²) in [5.74, 6) is -8.67. The van der Waals surface area contributed by atoms with Crippen molar-refractivity contribution in [2.45, 2.75) is 62.6 Å². The molecule has 3 aromatic carbocycles. The van der Waals surface area contributed by atoms with Gasteiger partial charge in [-0.25, -0.2) is 14.4 Å². The number of aryl methyl sites for hydroxylation is 2. The van der Waals surface area contributed by atoms with Crippen molar-refractivity contribution < 1.29 is 95.3 Å². The van der Waals surface area contributed by atoms with Gasteiger partial charge in [0.05, 0.1) is 42.5 Å². The standard InChI is InChI=1S/C44H51N3O21S6/c1-7-44(27-63-35(48)24-69-38(41(51)60-8-2)45-66-72(54,55)32-14-12-11-13-15-32,28-64-36(49)25-70-39(42(52)61-9-3)46-67-73(56,57)33-20-16-30(5)17-21-33)29-65-37(50)26-71-40(43(53)62-10-4)47-68-74(58,59)34-22-18-31(6)19-23-34/h11-23H,7-10,24-29H2,1-6H3/b45-38-,46-39-,47-40-. The van der Waals surface area contributed by atoms with Gasteiger partial charge in [-0.1, -0.05) is 111 Å². The number of hydrogen-bond acceptors (Lipinski definition) is 27. The molecule has 0 N–H and O–H groups in total. The summed E-state index contributed by atoms with van der Waals surface area (Å²) >= 11 is 1.17. The number of ether oxygens (including phenoxy) is 6. The molecular weight excluding hydrogens is 1100 g/mol. The second-order valence-electron chi connectivity index (χ2n) is 14.6. The molecule has 0 aliphatic carbocycles. The Morgan fingerprint density at radius 3 is 0.986 bits per heavy atom. The van der Waals surface area contributed by atoms with Gasteiger partial charge >= 0.3 is 66.2 Å². The van der Waals surface area contributed by atoms with Crippen LogP contribution >= 0.6 is 35.3 Å². The Bertz CT molecular complexity index is 2730. The monoisotopic (exact) mass is 1150 g/mol. The summed E-state index contributed by atoms with van der Waals surface area (Å²) in [6.45, 7) is 6.91. The first-order valence-electron chi connectivity index (χ1n) is 21.6. The molecule has 0 saturated carbocycles. The van der Waals surface area contributed by atoms with E-state index in [1.165, 1.54) is 93.6 Å². The van der Waals surface area contributed by atoms with Gasteiger partial charge in [0, 0.05) is 0 Å². The molecule has 0 bridgehead atoms. The number of carbonyl (C=O) groups excluding carboxylic acids is 6. The number of hydrogen-bond donors (Lipinski definition) is 0. The van der Waals surface area contributed by atoms with Crippen LogP contribution in [0.5, 0.6) is 0 Å². The molecule has 3 aromatic rings. The van der Waals surface area contributed by atoms with E-state index >= 15 is 0 Å². The third-order valence-electron chi connectivity index (χ3n) is 9.00. The molecule has 0 atom stereocenters. The summed E-state index contributed by atoms with van der Waals surface area (Å²) in [6, 6.07) is 17.8. The van der Waals surface area contributed by atoms with Crippen LogP contribution in [-0.4, -0.2) is 133 Å². The van der Waals surface area contributed by atoms with Gasteiger partial charge in [-0.05, 0) is 77.4 Å². The highest BCUT2D eigenvalue weighted by Gasteiger charge is 2.35. The van der Waals surface area contributed by atoms with Crippen molar-refractivity contribution in [3.63, 3.8) is 0 Å². The number of carbonyl (C=O) groups is 6. The van der Waals surface area contributed by atoms with Crippen LogP contribution in [0.15, 0.2) is 109 Å². The van der Waals surface area contributed by atoms with Crippen LogP contribution < -0.4 is 0 Å². The molecular formula is C44H51N3O21S6. The predicted octanol–water partition coefficient (Wildman–Crippen LogP) is 4.68. The maximum atomic E-state index is 13.2. The van der Waals surface area contributed by atoms with Crippen molar-refractivity contribution in [2.24, 2.45) is 20.9 Å². The molecule has 30 heteroatoms. The lowest BCUT2D eigenvalue weighted by Gasteiger charge is -2.31. The maximum absolute atomic E-state index is 13.2. The largest absolute Gasteiger partial charge is 0.464 e. The summed E-state index contributed by atoms with van der Waals surface area (Å²) in [6.07, 6.45) is -0.0600. The van der Waals surface area contributed by atoms with Crippen LogP contribution in [0.2, 0.25) is 0 Å². The number of thioether (sulfide) groups is 3. The van der Waals surface area contributed by atoms with Gasteiger partial charge in [0.2, 0.25) is 15.1 Å². The topological polar surface area (TPSA) is 325 Å². The van der Waals surface area contributed by atoms with Crippen molar-refractivity contribution in [3.05, 3.63) is 90.0 Å². The summed E-state index contributed by atoms with van der Waals surface area (Å²) in [5, 5.41) is 8.21. The molecule has 404 valence electrons. The molecule has 0 fully saturated rings. The number of benzene rings is 3. The van der Waals surface area contributed by atoms with Crippen molar-refractivity contribution in [1.82, 2.24) is 0 Å². The molecule has 24 nitrogen and oxygen atoms in total. The molecule has 74 heavy (non-hydrogen) atoms. The zero-order valence-corrected chi connectivity index (χ0v) is 45.3. The van der Waals surface area contributed by atoms with E-state index in [2.05, 4.69) is 15.5 Å². The van der Waals surface area contributed by atoms with Gasteiger partial charge in [-0.3, -0.25) is 27.2 Å². The SMILES string of the molecule is CCOC(=O)/C(=N/OS(=O)(=O)c1ccccc1)SCC(=O)OCC(CC)(COC(=O)CS/C(=N\OS(=O)(=O)c1ccc(C)cc1)C(=O)OCC)COC(=O)CS/C(=N\OS(=O)(=O)c1ccc(C)cc1)C(=O)OCC. The van der Waals surface area contributed by atoms with Crippen molar-refractivity contribution >= 4 is 117 Å². The van der Waals surface area contributed by atoms with E-state index in [0.717, 1.165) is 11.1 Å². The van der Waals surface area contributed by atoms with Gasteiger partial charge in [0.25, 0.3) is 0 Å². The summed E-state index contributed by atoms with van der Waals surface area (Å²) < 4.78 is 122. The minimum Gasteiger partial charge on any atom is -0.464 e. The number of esters is 6. The van der Waals surface area contributed by atoms with E-state index < -0.39 is 124 Å². The number of rotatable bonds is 25. The third-order valence-corrected chi connectivity index (χ3v) is 15.0. The second kappa shape index (κ2) is 30.2. The first-order valence-corrected chi connectivity index (χ1v) is 28.8. The molecule has 0 radical (unpaired) electrons. The molecule has 0 aliphatic heterocycles. The van der Waals surface area contributed by atoms with Crippen LogP contribution in [0.25, 0.3) is 0 Å². The first kappa shape index (κ1) is 62.1. The van der Waals surface area contributed by atoms with Gasteiger partial charge in [0.1, 0.15) is 34.5 Å². The molecule has 0 saturated heterocycles. The summed E-state index contributed by atoms with van der Waals surface area (Å²) in [4.78, 5) is 76.8. The Hall–Kier alpha value is -6.21. The maximum Gasteiger partial charge on any atom is 0.367 e. The highest BCUT2D eigenvalue weighted by atomic mass is 32.2. The average molecular weight is 1150 g/mol. The van der Waals surface area contributed by atoms with Crippen molar-refractivity contribution in [1.29, 1.82) is 0 Å². The van der Waals surface area contributed by atoms with Gasteiger partial charge in [-0.2, -0.15) is 25.3 Å². The molecule has 0 unspecified atom stereocenters. The van der Waals surface area contributed by atoms with E-state index in [4.69, 9.17) is 41.3 Å². The fourth-order valence-corrected chi connectivity index (χ4v) is 9.12. The minimum absolute atomic E-state index is 0.0600. The van der Waals surface area contributed by atoms with Gasteiger partial charge < -0.3 is 28.4 Å².